The van der Waals surface area contributed by atoms with Crippen molar-refractivity contribution >= 4 is 17.5 Å². The predicted octanol–water partition coefficient (Wildman–Crippen LogP) is 1.38. The van der Waals surface area contributed by atoms with Crippen molar-refractivity contribution in [2.24, 2.45) is 0 Å². The molecule has 0 amide bonds. The summed E-state index contributed by atoms with van der Waals surface area (Å²) in [6, 6.07) is 2.74. The number of hydrogen-bond donors (Lipinski definition) is 0. The van der Waals surface area contributed by atoms with Gasteiger partial charge in [-0.3, -0.25) is 14.9 Å². The van der Waals surface area contributed by atoms with Crippen molar-refractivity contribution in [1.82, 2.24) is 4.98 Å². The van der Waals surface area contributed by atoms with E-state index in [9.17, 15) is 14.9 Å². The fourth-order valence-corrected chi connectivity index (χ4v) is 1.41. The summed E-state index contributed by atoms with van der Waals surface area (Å²) in [7, 11) is 3.11. The summed E-state index contributed by atoms with van der Waals surface area (Å²) in [5.41, 5.74) is -0.000169. The molecule has 0 aliphatic heterocycles. The van der Waals surface area contributed by atoms with E-state index in [1.807, 2.05) is 0 Å². The van der Waals surface area contributed by atoms with Gasteiger partial charge in [0.2, 0.25) is 0 Å². The van der Waals surface area contributed by atoms with E-state index in [4.69, 9.17) is 0 Å². The number of rotatable bonds is 6. The first kappa shape index (κ1) is 13.9. The predicted molar refractivity (Wildman–Crippen MR) is 65.4 cm³/mol. The molecule has 0 aliphatic rings. The van der Waals surface area contributed by atoms with Crippen molar-refractivity contribution in [3.63, 3.8) is 0 Å². The molecule has 0 N–H and O–H groups in total. The highest BCUT2D eigenvalue weighted by molar-refractivity contribution is 5.69. The van der Waals surface area contributed by atoms with Crippen LogP contribution in [-0.4, -0.2) is 36.6 Å². The largest absolute Gasteiger partial charge is 0.469 e. The van der Waals surface area contributed by atoms with Gasteiger partial charge in [0, 0.05) is 32.3 Å². The van der Waals surface area contributed by atoms with Gasteiger partial charge in [-0.05, 0) is 6.42 Å². The Kier molecular flexibility index (Phi) is 5.04. The summed E-state index contributed by atoms with van der Waals surface area (Å²) in [5.74, 6) is 0.240. The zero-order valence-electron chi connectivity index (χ0n) is 10.3. The number of carbonyl (C=O) groups is 1. The van der Waals surface area contributed by atoms with Crippen molar-refractivity contribution in [2.45, 2.75) is 12.8 Å². The van der Waals surface area contributed by atoms with Crippen LogP contribution in [0.4, 0.5) is 11.5 Å². The summed E-state index contributed by atoms with van der Waals surface area (Å²) in [5, 5.41) is 10.6. The van der Waals surface area contributed by atoms with Crippen LogP contribution in [0.3, 0.4) is 0 Å². The molecule has 0 saturated carbocycles. The van der Waals surface area contributed by atoms with Crippen LogP contribution in [0.5, 0.6) is 0 Å². The lowest BCUT2D eigenvalue weighted by molar-refractivity contribution is -0.384. The molecule has 98 valence electrons. The van der Waals surface area contributed by atoms with E-state index >= 15 is 0 Å². The molecule has 0 fully saturated rings. The zero-order valence-corrected chi connectivity index (χ0v) is 10.3. The second-order valence-corrected chi connectivity index (χ2v) is 3.73. The topological polar surface area (TPSA) is 85.6 Å². The molecule has 0 saturated heterocycles. The van der Waals surface area contributed by atoms with Gasteiger partial charge in [0.25, 0.3) is 5.69 Å². The number of pyridine rings is 1. The number of hydrogen-bond acceptors (Lipinski definition) is 6. The van der Waals surface area contributed by atoms with Gasteiger partial charge in [-0.1, -0.05) is 0 Å². The standard InChI is InChI=1S/C11H15N3O4/c1-13(7-3-4-11(15)18-2)10-8-9(14(16)17)5-6-12-10/h5-6,8H,3-4,7H2,1-2H3. The molecule has 0 atom stereocenters. The molecule has 0 radical (unpaired) electrons. The van der Waals surface area contributed by atoms with Crippen LogP contribution in [0, 0.1) is 10.1 Å². The van der Waals surface area contributed by atoms with Crippen LogP contribution >= 0.6 is 0 Å². The Bertz CT molecular complexity index is 436. The van der Waals surface area contributed by atoms with E-state index in [0.717, 1.165) is 0 Å². The first-order valence-electron chi connectivity index (χ1n) is 5.43. The minimum absolute atomic E-state index is 0.000169. The number of carbonyl (C=O) groups excluding carboxylic acids is 1. The van der Waals surface area contributed by atoms with Gasteiger partial charge in [-0.25, -0.2) is 4.98 Å². The highest BCUT2D eigenvalue weighted by atomic mass is 16.6. The molecular weight excluding hydrogens is 238 g/mol. The van der Waals surface area contributed by atoms with Crippen LogP contribution in [-0.2, 0) is 9.53 Å². The van der Waals surface area contributed by atoms with Gasteiger partial charge in [0.05, 0.1) is 18.1 Å². The average molecular weight is 253 g/mol. The number of nitrogens with zero attached hydrogens (tertiary/aromatic N) is 3. The Morgan fingerprint density at radius 1 is 1.61 bits per heavy atom. The first-order valence-corrected chi connectivity index (χ1v) is 5.43. The molecule has 1 aromatic heterocycles. The number of methoxy groups -OCH3 is 1. The molecule has 1 rings (SSSR count). The highest BCUT2D eigenvalue weighted by Crippen LogP contribution is 2.17. The Morgan fingerprint density at radius 3 is 2.94 bits per heavy atom. The Labute approximate surface area is 105 Å². The van der Waals surface area contributed by atoms with Crippen molar-refractivity contribution in [3.8, 4) is 0 Å². The SMILES string of the molecule is COC(=O)CCCN(C)c1cc([N+](=O)[O-])ccn1. The second kappa shape index (κ2) is 6.53. The van der Waals surface area contributed by atoms with Crippen LogP contribution in [0.1, 0.15) is 12.8 Å². The smallest absolute Gasteiger partial charge is 0.305 e. The number of esters is 1. The first-order chi connectivity index (χ1) is 8.54. The van der Waals surface area contributed by atoms with E-state index in [1.165, 1.54) is 25.4 Å². The summed E-state index contributed by atoms with van der Waals surface area (Å²) >= 11 is 0. The van der Waals surface area contributed by atoms with Gasteiger partial charge < -0.3 is 9.64 Å². The van der Waals surface area contributed by atoms with E-state index in [1.54, 1.807) is 11.9 Å². The molecule has 0 aliphatic carbocycles. The Morgan fingerprint density at radius 2 is 2.33 bits per heavy atom. The average Bonchev–Trinajstić information content (AvgIpc) is 2.38. The number of ether oxygens (including phenoxy) is 1. The van der Waals surface area contributed by atoms with Crippen molar-refractivity contribution in [1.29, 1.82) is 0 Å². The van der Waals surface area contributed by atoms with Gasteiger partial charge >= 0.3 is 5.97 Å². The summed E-state index contributed by atoms with van der Waals surface area (Å²) in [4.78, 5) is 26.9. The molecule has 18 heavy (non-hydrogen) atoms. The molecule has 7 heteroatoms. The highest BCUT2D eigenvalue weighted by Gasteiger charge is 2.10. The number of nitro groups is 1. The maximum absolute atomic E-state index is 10.9. The Balaban J connectivity index is 2.56. The fraction of sp³-hybridized carbons (Fsp3) is 0.455. The van der Waals surface area contributed by atoms with E-state index in [2.05, 4.69) is 9.72 Å². The van der Waals surface area contributed by atoms with Gasteiger partial charge in [-0.15, -0.1) is 0 Å². The minimum Gasteiger partial charge on any atom is -0.469 e. The number of anilines is 1. The number of aromatic nitrogens is 1. The lowest BCUT2D eigenvalue weighted by Crippen LogP contribution is -2.20. The van der Waals surface area contributed by atoms with Gasteiger partial charge in [-0.2, -0.15) is 0 Å². The summed E-state index contributed by atoms with van der Waals surface area (Å²) in [6.45, 7) is 0.573. The third-order valence-electron chi connectivity index (χ3n) is 2.43. The normalized spacial score (nSPS) is 9.89. The van der Waals surface area contributed by atoms with Crippen LogP contribution in [0.2, 0.25) is 0 Å². The van der Waals surface area contributed by atoms with Gasteiger partial charge in [0.15, 0.2) is 0 Å². The molecule has 1 aromatic rings. The Hall–Kier alpha value is -2.18. The minimum atomic E-state index is -0.465. The van der Waals surface area contributed by atoms with Crippen molar-refractivity contribution in [3.05, 3.63) is 28.4 Å². The molecule has 7 nitrogen and oxygen atoms in total. The van der Waals surface area contributed by atoms with Crippen LogP contribution < -0.4 is 4.90 Å². The maximum atomic E-state index is 10.9. The molecular formula is C11H15N3O4. The monoisotopic (exact) mass is 253 g/mol. The molecule has 0 spiro atoms. The lowest BCUT2D eigenvalue weighted by Gasteiger charge is -2.17. The fourth-order valence-electron chi connectivity index (χ4n) is 1.41. The van der Waals surface area contributed by atoms with Gasteiger partial charge in [0.1, 0.15) is 5.82 Å². The molecule has 0 bridgehead atoms. The van der Waals surface area contributed by atoms with Crippen LogP contribution in [0.25, 0.3) is 0 Å². The van der Waals surface area contributed by atoms with Crippen molar-refractivity contribution < 1.29 is 14.5 Å². The third-order valence-corrected chi connectivity index (χ3v) is 2.43. The van der Waals surface area contributed by atoms with Crippen molar-refractivity contribution in [2.75, 3.05) is 25.6 Å². The molecule has 0 unspecified atom stereocenters. The molecule has 0 aromatic carbocycles. The molecule has 1 heterocycles. The lowest BCUT2D eigenvalue weighted by atomic mass is 10.3. The summed E-state index contributed by atoms with van der Waals surface area (Å²) in [6.07, 6.45) is 2.31. The quantitative estimate of drug-likeness (QED) is 0.432. The van der Waals surface area contributed by atoms with Crippen LogP contribution in [0.15, 0.2) is 18.3 Å². The third kappa shape index (κ3) is 4.00. The second-order valence-electron chi connectivity index (χ2n) is 3.73. The zero-order chi connectivity index (χ0) is 13.5. The van der Waals surface area contributed by atoms with E-state index in [0.29, 0.717) is 25.2 Å². The maximum Gasteiger partial charge on any atom is 0.305 e. The van der Waals surface area contributed by atoms with E-state index < -0.39 is 4.92 Å². The van der Waals surface area contributed by atoms with E-state index in [-0.39, 0.29) is 11.7 Å². The summed E-state index contributed by atoms with van der Waals surface area (Å²) < 4.78 is 4.53.